The lowest BCUT2D eigenvalue weighted by Gasteiger charge is -2.15. The van der Waals surface area contributed by atoms with Crippen molar-refractivity contribution < 1.29 is 8.42 Å². The van der Waals surface area contributed by atoms with Crippen molar-refractivity contribution in [2.24, 2.45) is 10.1 Å². The molecule has 184 valence electrons. The number of rotatable bonds is 6. The molecule has 0 saturated carbocycles. The molecule has 5 N–H and O–H groups in total. The fraction of sp³-hybridized carbons (Fsp3) is 0.250. The standard InChI is InChI=1S/C24H29N7O2S2/c1-15-11-16(2)13-20(12-15)29-24(34)31-22(30-23-27-17(3)14-18(4)28-23)26-10-9-19-5-7-21(8-6-19)35(25,32)33/h5-8,11-14H,9-10H2,1-4H3,(H2,25,32,33)(H3,26,27,28,29,30,31,34). The largest absolute Gasteiger partial charge is 0.332 e. The SMILES string of the molecule is Cc1cc(C)cc(NC(=S)NC(=NCCc2ccc(S(N)(=O)=O)cc2)Nc2nc(C)cc(C)n2)c1. The minimum Gasteiger partial charge on any atom is -0.332 e. The number of aryl methyl sites for hydroxylation is 4. The minimum atomic E-state index is -3.72. The van der Waals surface area contributed by atoms with Gasteiger partial charge in [0.05, 0.1) is 4.90 Å². The molecule has 0 aliphatic carbocycles. The predicted molar refractivity (Wildman–Crippen MR) is 144 cm³/mol. The molecule has 0 bridgehead atoms. The number of benzene rings is 2. The van der Waals surface area contributed by atoms with Gasteiger partial charge in [-0.15, -0.1) is 0 Å². The number of hydrogen-bond donors (Lipinski definition) is 4. The third-order valence-electron chi connectivity index (χ3n) is 4.85. The van der Waals surface area contributed by atoms with Crippen LogP contribution < -0.4 is 21.1 Å². The summed E-state index contributed by atoms with van der Waals surface area (Å²) >= 11 is 5.51. The highest BCUT2D eigenvalue weighted by Gasteiger charge is 2.09. The number of sulfonamides is 1. The number of thiocarbonyl (C=S) groups is 1. The molecule has 3 aromatic rings. The number of guanidine groups is 1. The third-order valence-corrected chi connectivity index (χ3v) is 5.98. The van der Waals surface area contributed by atoms with Gasteiger partial charge in [-0.05, 0) is 93.4 Å². The van der Waals surface area contributed by atoms with Crippen LogP contribution in [0.15, 0.2) is 58.4 Å². The molecule has 0 saturated heterocycles. The molecule has 0 atom stereocenters. The van der Waals surface area contributed by atoms with Crippen LogP contribution in [0.4, 0.5) is 11.6 Å². The lowest BCUT2D eigenvalue weighted by Crippen LogP contribution is -2.39. The molecule has 0 aliphatic heterocycles. The summed E-state index contributed by atoms with van der Waals surface area (Å²) in [6.45, 7) is 8.23. The lowest BCUT2D eigenvalue weighted by molar-refractivity contribution is 0.598. The van der Waals surface area contributed by atoms with E-state index < -0.39 is 10.0 Å². The van der Waals surface area contributed by atoms with Gasteiger partial charge in [-0.1, -0.05) is 18.2 Å². The van der Waals surface area contributed by atoms with Crippen molar-refractivity contribution in [3.63, 3.8) is 0 Å². The van der Waals surface area contributed by atoms with E-state index in [0.717, 1.165) is 33.8 Å². The predicted octanol–water partition coefficient (Wildman–Crippen LogP) is 3.35. The monoisotopic (exact) mass is 511 g/mol. The molecule has 0 aliphatic rings. The van der Waals surface area contributed by atoms with Crippen LogP contribution in [0.1, 0.15) is 28.1 Å². The quantitative estimate of drug-likeness (QED) is 0.225. The Kier molecular flexibility index (Phi) is 8.49. The van der Waals surface area contributed by atoms with Crippen molar-refractivity contribution in [1.82, 2.24) is 15.3 Å². The van der Waals surface area contributed by atoms with Crippen LogP contribution in [0.2, 0.25) is 0 Å². The van der Waals surface area contributed by atoms with Crippen LogP contribution >= 0.6 is 12.2 Å². The Balaban J connectivity index is 1.74. The van der Waals surface area contributed by atoms with Gasteiger partial charge in [-0.3, -0.25) is 10.3 Å². The second-order valence-corrected chi connectivity index (χ2v) is 10.2. The van der Waals surface area contributed by atoms with Crippen LogP contribution in [-0.4, -0.2) is 36.0 Å². The van der Waals surface area contributed by atoms with Crippen LogP contribution in [0.5, 0.6) is 0 Å². The first kappa shape index (κ1) is 26.2. The topological polar surface area (TPSA) is 134 Å². The summed E-state index contributed by atoms with van der Waals surface area (Å²) in [6.07, 6.45) is 0.572. The molecule has 11 heteroatoms. The van der Waals surface area contributed by atoms with Crippen molar-refractivity contribution in [1.29, 1.82) is 0 Å². The lowest BCUT2D eigenvalue weighted by atomic mass is 10.1. The van der Waals surface area contributed by atoms with Gasteiger partial charge in [0, 0.05) is 23.6 Å². The van der Waals surface area contributed by atoms with E-state index in [1.54, 1.807) is 12.1 Å². The summed E-state index contributed by atoms with van der Waals surface area (Å²) in [7, 11) is -3.72. The third kappa shape index (κ3) is 8.39. The highest BCUT2D eigenvalue weighted by Crippen LogP contribution is 2.14. The molecule has 1 aromatic heterocycles. The Morgan fingerprint density at radius 3 is 2.11 bits per heavy atom. The summed E-state index contributed by atoms with van der Waals surface area (Å²) in [5, 5.41) is 14.9. The molecule has 0 amide bonds. The van der Waals surface area contributed by atoms with Crippen molar-refractivity contribution in [3.8, 4) is 0 Å². The normalized spacial score (nSPS) is 11.7. The fourth-order valence-electron chi connectivity index (χ4n) is 3.46. The molecule has 9 nitrogen and oxygen atoms in total. The highest BCUT2D eigenvalue weighted by atomic mass is 32.2. The van der Waals surface area contributed by atoms with E-state index in [9.17, 15) is 8.42 Å². The first-order valence-electron chi connectivity index (χ1n) is 10.9. The van der Waals surface area contributed by atoms with Crippen molar-refractivity contribution in [2.75, 3.05) is 17.2 Å². The number of nitrogens with zero attached hydrogens (tertiary/aromatic N) is 3. The highest BCUT2D eigenvalue weighted by molar-refractivity contribution is 7.89. The van der Waals surface area contributed by atoms with Gasteiger partial charge in [0.15, 0.2) is 5.11 Å². The van der Waals surface area contributed by atoms with Crippen molar-refractivity contribution >= 4 is 44.9 Å². The van der Waals surface area contributed by atoms with Gasteiger partial charge in [0.1, 0.15) is 0 Å². The van der Waals surface area contributed by atoms with Crippen LogP contribution in [0.3, 0.4) is 0 Å². The van der Waals surface area contributed by atoms with Crippen molar-refractivity contribution in [3.05, 3.63) is 76.6 Å². The average Bonchev–Trinajstić information content (AvgIpc) is 2.71. The second-order valence-electron chi connectivity index (χ2n) is 8.22. The van der Waals surface area contributed by atoms with E-state index in [4.69, 9.17) is 17.4 Å². The minimum absolute atomic E-state index is 0.0727. The number of primary sulfonamides is 1. The number of hydrogen-bond acceptors (Lipinski definition) is 6. The first-order chi connectivity index (χ1) is 16.5. The summed E-state index contributed by atoms with van der Waals surface area (Å²) in [5.74, 6) is 0.790. The zero-order valence-corrected chi connectivity index (χ0v) is 21.7. The molecule has 0 spiro atoms. The van der Waals surface area contributed by atoms with E-state index >= 15 is 0 Å². The Labute approximate surface area is 211 Å². The molecule has 3 rings (SSSR count). The van der Waals surface area contributed by atoms with E-state index in [0.29, 0.717) is 30.0 Å². The van der Waals surface area contributed by atoms with E-state index in [2.05, 4.69) is 37.0 Å². The van der Waals surface area contributed by atoms with Gasteiger partial charge in [-0.2, -0.15) is 0 Å². The van der Waals surface area contributed by atoms with Crippen molar-refractivity contribution in [2.45, 2.75) is 39.0 Å². The van der Waals surface area contributed by atoms with E-state index in [-0.39, 0.29) is 4.90 Å². The maximum absolute atomic E-state index is 11.4. The average molecular weight is 512 g/mol. The maximum Gasteiger partial charge on any atom is 0.238 e. The van der Waals surface area contributed by atoms with Crippen LogP contribution in [-0.2, 0) is 16.4 Å². The maximum atomic E-state index is 11.4. The molecule has 0 radical (unpaired) electrons. The molecule has 0 fully saturated rings. The zero-order chi connectivity index (χ0) is 25.6. The Morgan fingerprint density at radius 1 is 0.943 bits per heavy atom. The Hall–Kier alpha value is -3.41. The number of aliphatic imine (C=N–C) groups is 1. The Morgan fingerprint density at radius 2 is 1.54 bits per heavy atom. The number of anilines is 2. The van der Waals surface area contributed by atoms with Gasteiger partial charge in [0.2, 0.25) is 21.9 Å². The molecule has 2 aromatic carbocycles. The smallest absolute Gasteiger partial charge is 0.238 e. The van der Waals surface area contributed by atoms with Gasteiger partial charge < -0.3 is 10.6 Å². The molecule has 0 unspecified atom stereocenters. The number of nitrogens with one attached hydrogen (secondary N) is 3. The Bertz CT molecular complexity index is 1310. The zero-order valence-electron chi connectivity index (χ0n) is 20.1. The first-order valence-corrected chi connectivity index (χ1v) is 12.9. The fourth-order valence-corrected chi connectivity index (χ4v) is 4.19. The number of aromatic nitrogens is 2. The summed E-state index contributed by atoms with van der Waals surface area (Å²) in [4.78, 5) is 13.5. The van der Waals surface area contributed by atoms with Gasteiger partial charge >= 0.3 is 0 Å². The van der Waals surface area contributed by atoms with Crippen LogP contribution in [0, 0.1) is 27.7 Å². The summed E-state index contributed by atoms with van der Waals surface area (Å²) < 4.78 is 22.9. The molecular formula is C24H29N7O2S2. The van der Waals surface area contributed by atoms with Gasteiger partial charge in [0.25, 0.3) is 0 Å². The van der Waals surface area contributed by atoms with Crippen LogP contribution in [0.25, 0.3) is 0 Å². The molecule has 1 heterocycles. The van der Waals surface area contributed by atoms with E-state index in [1.807, 2.05) is 45.9 Å². The summed E-state index contributed by atoms with van der Waals surface area (Å²) in [5.41, 5.74) is 5.69. The molecular weight excluding hydrogens is 482 g/mol. The second kappa shape index (κ2) is 11.3. The molecule has 35 heavy (non-hydrogen) atoms. The van der Waals surface area contributed by atoms with E-state index in [1.165, 1.54) is 12.1 Å². The van der Waals surface area contributed by atoms with Gasteiger partial charge in [-0.25, -0.2) is 23.5 Å². The summed E-state index contributed by atoms with van der Waals surface area (Å²) in [6, 6.07) is 14.4. The number of nitrogens with two attached hydrogens (primary N) is 1.